The van der Waals surface area contributed by atoms with Gasteiger partial charge in [0.2, 0.25) is 0 Å². The first kappa shape index (κ1) is 22.4. The van der Waals surface area contributed by atoms with Gasteiger partial charge in [-0.05, 0) is 30.7 Å². The second-order valence-corrected chi connectivity index (χ2v) is 7.07. The molecule has 0 fully saturated rings. The Balaban J connectivity index is 2.17. The number of amides is 1. The molecule has 10 heteroatoms. The fourth-order valence-electron chi connectivity index (χ4n) is 2.66. The van der Waals surface area contributed by atoms with Gasteiger partial charge in [-0.2, -0.15) is 5.10 Å². The Kier molecular flexibility index (Phi) is 8.23. The molecule has 1 heterocycles. The highest BCUT2D eigenvalue weighted by Gasteiger charge is 2.22. The molecule has 2 rings (SSSR count). The van der Waals surface area contributed by atoms with Crippen LogP contribution in [0.2, 0.25) is 10.0 Å². The van der Waals surface area contributed by atoms with E-state index in [1.54, 1.807) is 36.2 Å². The van der Waals surface area contributed by atoms with Crippen LogP contribution in [-0.4, -0.2) is 47.9 Å². The van der Waals surface area contributed by atoms with Crippen molar-refractivity contribution in [2.75, 3.05) is 30.1 Å². The van der Waals surface area contributed by atoms with E-state index in [9.17, 15) is 4.79 Å². The first-order valence-electron chi connectivity index (χ1n) is 8.87. The van der Waals surface area contributed by atoms with Gasteiger partial charge in [0.25, 0.3) is 5.91 Å². The number of carbonyl (C=O) groups is 1. The van der Waals surface area contributed by atoms with Crippen molar-refractivity contribution in [3.05, 3.63) is 46.1 Å². The van der Waals surface area contributed by atoms with Gasteiger partial charge in [0, 0.05) is 37.1 Å². The fourth-order valence-corrected chi connectivity index (χ4v) is 3.00. The van der Waals surface area contributed by atoms with Crippen molar-refractivity contribution in [1.82, 2.24) is 9.88 Å². The zero-order valence-electron chi connectivity index (χ0n) is 16.1. The van der Waals surface area contributed by atoms with Crippen LogP contribution in [0.15, 0.2) is 35.6 Å². The van der Waals surface area contributed by atoms with Crippen molar-refractivity contribution < 1.29 is 4.79 Å². The van der Waals surface area contributed by atoms with Gasteiger partial charge in [-0.15, -0.1) is 0 Å². The van der Waals surface area contributed by atoms with Crippen molar-refractivity contribution in [1.29, 1.82) is 5.41 Å². The molecule has 0 saturated carbocycles. The molecular formula is C19H23Cl2N7O. The number of likely N-dealkylation sites (N-methyl/N-ethyl adjacent to an activating group) is 1. The third-order valence-electron chi connectivity index (χ3n) is 4.27. The van der Waals surface area contributed by atoms with Crippen LogP contribution < -0.4 is 16.5 Å². The van der Waals surface area contributed by atoms with E-state index >= 15 is 0 Å². The maximum absolute atomic E-state index is 13.1. The summed E-state index contributed by atoms with van der Waals surface area (Å²) in [5.74, 6) is 0.297. The maximum Gasteiger partial charge on any atom is 0.256 e. The largest absolute Gasteiger partial charge is 0.396 e. The van der Waals surface area contributed by atoms with Gasteiger partial charge >= 0.3 is 0 Å². The van der Waals surface area contributed by atoms with E-state index in [2.05, 4.69) is 20.8 Å². The Morgan fingerprint density at radius 1 is 1.38 bits per heavy atom. The fraction of sp³-hybridized carbons (Fsp3) is 0.263. The molecule has 1 amide bonds. The quantitative estimate of drug-likeness (QED) is 0.350. The highest BCUT2D eigenvalue weighted by molar-refractivity contribution is 6.31. The van der Waals surface area contributed by atoms with Crippen molar-refractivity contribution in [3.8, 4) is 0 Å². The predicted molar refractivity (Wildman–Crippen MR) is 121 cm³/mol. The second-order valence-electron chi connectivity index (χ2n) is 6.20. The molecule has 0 radical (unpaired) electrons. The Labute approximate surface area is 179 Å². The van der Waals surface area contributed by atoms with E-state index in [4.69, 9.17) is 34.3 Å². The molecule has 0 spiro atoms. The number of halogens is 2. The van der Waals surface area contributed by atoms with Gasteiger partial charge in [0.05, 0.1) is 28.2 Å². The smallest absolute Gasteiger partial charge is 0.256 e. The van der Waals surface area contributed by atoms with E-state index in [1.807, 2.05) is 6.92 Å². The van der Waals surface area contributed by atoms with Crippen LogP contribution in [0.25, 0.3) is 0 Å². The molecule has 1 aromatic carbocycles. The maximum atomic E-state index is 13.1. The highest BCUT2D eigenvalue weighted by atomic mass is 35.5. The first-order valence-corrected chi connectivity index (χ1v) is 9.62. The molecule has 1 atom stereocenters. The minimum Gasteiger partial charge on any atom is -0.396 e. The Bertz CT molecular complexity index is 904. The summed E-state index contributed by atoms with van der Waals surface area (Å²) in [7, 11) is 1.72. The number of rotatable bonds is 9. The van der Waals surface area contributed by atoms with Crippen molar-refractivity contribution in [3.63, 3.8) is 0 Å². The molecule has 154 valence electrons. The van der Waals surface area contributed by atoms with Gasteiger partial charge in [0.1, 0.15) is 5.82 Å². The lowest BCUT2D eigenvalue weighted by Gasteiger charge is -2.28. The lowest BCUT2D eigenvalue weighted by Crippen LogP contribution is -2.41. The zero-order chi connectivity index (χ0) is 21.4. The summed E-state index contributed by atoms with van der Waals surface area (Å²) in [4.78, 5) is 18.9. The summed E-state index contributed by atoms with van der Waals surface area (Å²) in [6.07, 6.45) is 4.52. The van der Waals surface area contributed by atoms with Crippen molar-refractivity contribution >= 4 is 58.7 Å². The number of nitrogens with zero attached hydrogens (tertiary/aromatic N) is 3. The van der Waals surface area contributed by atoms with E-state index in [0.29, 0.717) is 45.8 Å². The van der Waals surface area contributed by atoms with Crippen LogP contribution in [0, 0.1) is 5.41 Å². The van der Waals surface area contributed by atoms with Gasteiger partial charge in [-0.3, -0.25) is 10.2 Å². The molecule has 29 heavy (non-hydrogen) atoms. The minimum absolute atomic E-state index is 0.128. The summed E-state index contributed by atoms with van der Waals surface area (Å²) >= 11 is 12.0. The lowest BCUT2D eigenvalue weighted by atomic mass is 10.1. The third kappa shape index (κ3) is 6.07. The van der Waals surface area contributed by atoms with Crippen LogP contribution in [0.3, 0.4) is 0 Å². The first-order chi connectivity index (χ1) is 13.9. The summed E-state index contributed by atoms with van der Waals surface area (Å²) in [6, 6.07) is 6.40. The van der Waals surface area contributed by atoms with E-state index < -0.39 is 0 Å². The molecule has 8 nitrogen and oxygen atoms in total. The predicted octanol–water partition coefficient (Wildman–Crippen LogP) is 3.98. The number of carbonyl (C=O) groups excluding carboxylic acids is 1. The van der Waals surface area contributed by atoms with Crippen LogP contribution >= 0.6 is 23.2 Å². The van der Waals surface area contributed by atoms with Gasteiger partial charge in [-0.1, -0.05) is 30.1 Å². The van der Waals surface area contributed by atoms with E-state index in [-0.39, 0.29) is 11.9 Å². The molecular weight excluding hydrogens is 413 g/mol. The molecule has 0 bridgehead atoms. The summed E-state index contributed by atoms with van der Waals surface area (Å²) in [5.41, 5.74) is 10.0. The number of hydrogen-bond donors (Lipinski definition) is 4. The van der Waals surface area contributed by atoms with Crippen LogP contribution in [-0.2, 0) is 0 Å². The number of pyridine rings is 1. The average molecular weight is 436 g/mol. The number of nitrogens with two attached hydrogens (primary N) is 1. The van der Waals surface area contributed by atoms with Crippen LogP contribution in [0.5, 0.6) is 0 Å². The molecule has 0 aliphatic heterocycles. The van der Waals surface area contributed by atoms with E-state index in [1.165, 1.54) is 12.4 Å². The highest BCUT2D eigenvalue weighted by Crippen LogP contribution is 2.24. The van der Waals surface area contributed by atoms with Crippen molar-refractivity contribution in [2.24, 2.45) is 5.10 Å². The molecule has 2 aromatic rings. The molecule has 5 N–H and O–H groups in total. The van der Waals surface area contributed by atoms with Crippen LogP contribution in [0.4, 0.5) is 17.2 Å². The number of benzene rings is 1. The minimum atomic E-state index is -0.217. The number of nitrogens with one attached hydrogen (secondary N) is 3. The standard InChI is InChI=1S/C19H23Cl2N7O/c1-3-14(11-25-18-16(23)9-13(21)10-24-18)28(2)19(29)15-8-12(20)4-5-17(15)27-26-7-6-22/h4-10,14,22,27H,3,11,23H2,1-2H3,(H,24,25)/b22-6?,26-7-. The molecule has 1 unspecified atom stereocenters. The number of aromatic nitrogens is 1. The van der Waals surface area contributed by atoms with E-state index in [0.717, 1.165) is 6.21 Å². The Morgan fingerprint density at radius 2 is 2.14 bits per heavy atom. The van der Waals surface area contributed by atoms with Crippen LogP contribution in [0.1, 0.15) is 23.7 Å². The molecule has 0 saturated heterocycles. The van der Waals surface area contributed by atoms with Gasteiger partial charge in [-0.25, -0.2) is 4.98 Å². The Morgan fingerprint density at radius 3 is 2.79 bits per heavy atom. The normalized spacial score (nSPS) is 11.9. The number of hydrazone groups is 1. The summed E-state index contributed by atoms with van der Waals surface area (Å²) in [5, 5.41) is 14.9. The topological polar surface area (TPSA) is 119 Å². The summed E-state index contributed by atoms with van der Waals surface area (Å²) in [6.45, 7) is 2.44. The zero-order valence-corrected chi connectivity index (χ0v) is 17.6. The molecule has 1 aromatic heterocycles. The van der Waals surface area contributed by atoms with Gasteiger partial charge in [0.15, 0.2) is 0 Å². The molecule has 0 aliphatic carbocycles. The number of hydrogen-bond acceptors (Lipinski definition) is 7. The van der Waals surface area contributed by atoms with Crippen molar-refractivity contribution in [2.45, 2.75) is 19.4 Å². The lowest BCUT2D eigenvalue weighted by molar-refractivity contribution is 0.0737. The second kappa shape index (κ2) is 10.6. The van der Waals surface area contributed by atoms with Gasteiger partial charge < -0.3 is 21.4 Å². The number of anilines is 3. The molecule has 0 aliphatic rings. The summed E-state index contributed by atoms with van der Waals surface area (Å²) < 4.78 is 0. The third-order valence-corrected chi connectivity index (χ3v) is 4.72. The number of nitrogen functional groups attached to an aromatic ring is 1. The average Bonchev–Trinajstić information content (AvgIpc) is 2.70. The Hall–Kier alpha value is -2.84. The SMILES string of the molecule is CCC(CNc1ncc(Cl)cc1N)N(C)C(=O)c1cc(Cl)ccc1N/N=C\C=N. The monoisotopic (exact) mass is 435 g/mol.